The van der Waals surface area contributed by atoms with E-state index in [0.29, 0.717) is 10.1 Å². The lowest BCUT2D eigenvalue weighted by atomic mass is 9.95. The number of non-ortho nitro benzene ring substituents is 1. The lowest BCUT2D eigenvalue weighted by molar-refractivity contribution is -0.384. The van der Waals surface area contributed by atoms with Gasteiger partial charge >= 0.3 is 0 Å². The van der Waals surface area contributed by atoms with Crippen molar-refractivity contribution in [1.29, 1.82) is 0 Å². The van der Waals surface area contributed by atoms with E-state index in [9.17, 15) is 29.2 Å². The molecule has 0 radical (unpaired) electrons. The van der Waals surface area contributed by atoms with Crippen LogP contribution < -0.4 is 4.90 Å². The molecule has 10 nitrogen and oxygen atoms in total. The van der Waals surface area contributed by atoms with Crippen molar-refractivity contribution < 1.29 is 28.4 Å². The molecule has 0 spiro atoms. The number of aliphatic hydroxyl groups is 1. The molecule has 0 fully saturated rings. The minimum Gasteiger partial charge on any atom is -0.503 e. The maximum absolute atomic E-state index is 13.2. The molecule has 13 heteroatoms. The van der Waals surface area contributed by atoms with E-state index in [1.165, 1.54) is 66.6 Å². The van der Waals surface area contributed by atoms with Gasteiger partial charge in [0, 0.05) is 17.9 Å². The highest BCUT2D eigenvalue weighted by molar-refractivity contribution is 8.00. The molecule has 1 N–H and O–H groups in total. The zero-order chi connectivity index (χ0) is 26.1. The summed E-state index contributed by atoms with van der Waals surface area (Å²) in [6, 6.07) is 13.1. The molecule has 4 aromatic rings. The highest BCUT2D eigenvalue weighted by atomic mass is 32.2. The first-order valence-corrected chi connectivity index (χ1v) is 12.4. The number of aliphatic hydroxyl groups excluding tert-OH is 1. The van der Waals surface area contributed by atoms with Crippen LogP contribution in [0, 0.1) is 15.9 Å². The number of nitrogens with zero attached hydrogens (tertiary/aromatic N) is 4. The molecule has 186 valence electrons. The van der Waals surface area contributed by atoms with E-state index in [2.05, 4.69) is 10.2 Å². The Hall–Kier alpha value is -4.36. The summed E-state index contributed by atoms with van der Waals surface area (Å²) in [6.07, 6.45) is 1.27. The number of rotatable bonds is 8. The van der Waals surface area contributed by atoms with Crippen LogP contribution in [-0.2, 0) is 10.5 Å². The molecule has 2 aromatic heterocycles. The van der Waals surface area contributed by atoms with Gasteiger partial charge < -0.3 is 9.52 Å². The Morgan fingerprint density at radius 2 is 1.97 bits per heavy atom. The van der Waals surface area contributed by atoms with Crippen LogP contribution in [0.15, 0.2) is 87.0 Å². The number of carbonyl (C=O) groups excluding carboxylic acids is 2. The fourth-order valence-corrected chi connectivity index (χ4v) is 5.61. The van der Waals surface area contributed by atoms with Crippen molar-refractivity contribution in [3.05, 3.63) is 111 Å². The molecule has 0 saturated carbocycles. The number of nitro groups is 1. The molecule has 3 heterocycles. The molecule has 1 unspecified atom stereocenters. The maximum atomic E-state index is 13.2. The minimum absolute atomic E-state index is 0.0805. The van der Waals surface area contributed by atoms with Gasteiger partial charge in [-0.3, -0.25) is 24.6 Å². The molecule has 5 rings (SSSR count). The monoisotopic (exact) mass is 538 g/mol. The Kier molecular flexibility index (Phi) is 6.54. The van der Waals surface area contributed by atoms with Crippen LogP contribution in [0.4, 0.5) is 15.2 Å². The number of ketones is 1. The lowest BCUT2D eigenvalue weighted by Crippen LogP contribution is -2.31. The topological polar surface area (TPSA) is 140 Å². The van der Waals surface area contributed by atoms with Gasteiger partial charge in [0.05, 0.1) is 22.8 Å². The molecule has 1 amide bonds. The van der Waals surface area contributed by atoms with E-state index in [-0.39, 0.29) is 33.5 Å². The number of anilines is 1. The molecular weight excluding hydrogens is 523 g/mol. The standard InChI is InChI=1S/C24H15FN4O6S2/c25-15-8-6-13(7-9-15)12-36-24-27-26-23(37-24)28-19(14-3-1-4-16(11-14)29(33)34)18(21(31)22(28)32)20(30)17-5-2-10-35-17/h1-11,19,31H,12H2. The molecule has 2 aromatic carbocycles. The number of Topliss-reactive ketones (excluding diaryl/α,β-unsaturated/α-hetero) is 1. The summed E-state index contributed by atoms with van der Waals surface area (Å²) in [5.41, 5.74) is 0.516. The van der Waals surface area contributed by atoms with Gasteiger partial charge in [-0.2, -0.15) is 0 Å². The summed E-state index contributed by atoms with van der Waals surface area (Å²) in [7, 11) is 0. The molecule has 0 aliphatic carbocycles. The molecule has 1 atom stereocenters. The Balaban J connectivity index is 1.51. The van der Waals surface area contributed by atoms with Crippen LogP contribution in [0.3, 0.4) is 0 Å². The van der Waals surface area contributed by atoms with Crippen LogP contribution in [-0.4, -0.2) is 31.9 Å². The second kappa shape index (κ2) is 9.95. The third-order valence-corrected chi connectivity index (χ3v) is 7.60. The van der Waals surface area contributed by atoms with Gasteiger partial charge in [-0.05, 0) is 35.4 Å². The summed E-state index contributed by atoms with van der Waals surface area (Å²) in [5.74, 6) is -2.46. The normalized spacial score (nSPS) is 15.4. The van der Waals surface area contributed by atoms with E-state index in [1.54, 1.807) is 12.1 Å². The van der Waals surface area contributed by atoms with Gasteiger partial charge in [-0.1, -0.05) is 47.4 Å². The van der Waals surface area contributed by atoms with E-state index in [0.717, 1.165) is 21.8 Å². The maximum Gasteiger partial charge on any atom is 0.296 e. The second-order valence-electron chi connectivity index (χ2n) is 7.76. The number of hydrogen-bond acceptors (Lipinski definition) is 10. The lowest BCUT2D eigenvalue weighted by Gasteiger charge is -2.23. The first-order chi connectivity index (χ1) is 17.8. The molecular formula is C24H15FN4O6S2. The fourth-order valence-electron chi connectivity index (χ4n) is 3.78. The van der Waals surface area contributed by atoms with Crippen LogP contribution in [0.2, 0.25) is 0 Å². The van der Waals surface area contributed by atoms with Crippen molar-refractivity contribution >= 4 is 45.6 Å². The molecule has 0 saturated heterocycles. The number of carbonyl (C=O) groups is 2. The molecule has 0 bridgehead atoms. The van der Waals surface area contributed by atoms with Gasteiger partial charge in [0.2, 0.25) is 10.9 Å². The SMILES string of the molecule is O=C(C1=C(O)C(=O)N(c2nnc(SCc3ccc(F)cc3)s2)C1c1cccc([N+](=O)[O-])c1)c1ccco1. The van der Waals surface area contributed by atoms with Crippen molar-refractivity contribution in [3.8, 4) is 0 Å². The van der Waals surface area contributed by atoms with E-state index < -0.39 is 28.4 Å². The fraction of sp³-hybridized carbons (Fsp3) is 0.0833. The number of nitro benzene ring substituents is 1. The van der Waals surface area contributed by atoms with Crippen molar-refractivity contribution in [3.63, 3.8) is 0 Å². The number of aromatic nitrogens is 2. The van der Waals surface area contributed by atoms with Crippen LogP contribution in [0.25, 0.3) is 0 Å². The Morgan fingerprint density at radius 1 is 1.19 bits per heavy atom. The first-order valence-electron chi connectivity index (χ1n) is 10.6. The smallest absolute Gasteiger partial charge is 0.296 e. The van der Waals surface area contributed by atoms with Gasteiger partial charge in [0.1, 0.15) is 5.82 Å². The Bertz CT molecular complexity index is 1530. The molecule has 1 aliphatic rings. The van der Waals surface area contributed by atoms with Gasteiger partial charge in [0.25, 0.3) is 11.6 Å². The number of thioether (sulfide) groups is 1. The van der Waals surface area contributed by atoms with Crippen molar-refractivity contribution in [2.45, 2.75) is 16.1 Å². The van der Waals surface area contributed by atoms with Crippen molar-refractivity contribution in [2.24, 2.45) is 0 Å². The number of amides is 1. The van der Waals surface area contributed by atoms with Crippen LogP contribution in [0.1, 0.15) is 27.7 Å². The van der Waals surface area contributed by atoms with E-state index in [4.69, 9.17) is 4.42 Å². The Labute approximate surface area is 216 Å². The number of hydrogen-bond donors (Lipinski definition) is 1. The second-order valence-corrected chi connectivity index (χ2v) is 9.94. The van der Waals surface area contributed by atoms with Crippen molar-refractivity contribution in [1.82, 2.24) is 10.2 Å². The number of benzene rings is 2. The predicted molar refractivity (Wildman–Crippen MR) is 132 cm³/mol. The van der Waals surface area contributed by atoms with E-state index >= 15 is 0 Å². The minimum atomic E-state index is -1.21. The molecule has 1 aliphatic heterocycles. The summed E-state index contributed by atoms with van der Waals surface area (Å²) < 4.78 is 18.8. The summed E-state index contributed by atoms with van der Waals surface area (Å²) in [4.78, 5) is 38.3. The van der Waals surface area contributed by atoms with Crippen molar-refractivity contribution in [2.75, 3.05) is 4.90 Å². The van der Waals surface area contributed by atoms with Crippen LogP contribution >= 0.6 is 23.1 Å². The quantitative estimate of drug-likeness (QED) is 0.105. The number of halogens is 1. The highest BCUT2D eigenvalue weighted by Crippen LogP contribution is 2.44. The summed E-state index contributed by atoms with van der Waals surface area (Å²) in [5, 5.41) is 30.4. The third-order valence-electron chi connectivity index (χ3n) is 5.47. The third kappa shape index (κ3) is 4.73. The summed E-state index contributed by atoms with van der Waals surface area (Å²) >= 11 is 2.35. The highest BCUT2D eigenvalue weighted by Gasteiger charge is 2.47. The number of furan rings is 1. The van der Waals surface area contributed by atoms with Crippen LogP contribution in [0.5, 0.6) is 0 Å². The van der Waals surface area contributed by atoms with Gasteiger partial charge in [-0.15, -0.1) is 10.2 Å². The first kappa shape index (κ1) is 24.3. The van der Waals surface area contributed by atoms with Gasteiger partial charge in [0.15, 0.2) is 15.9 Å². The average molecular weight is 539 g/mol. The van der Waals surface area contributed by atoms with Gasteiger partial charge in [-0.25, -0.2) is 4.39 Å². The zero-order valence-corrected chi connectivity index (χ0v) is 20.2. The summed E-state index contributed by atoms with van der Waals surface area (Å²) in [6.45, 7) is 0. The molecule has 37 heavy (non-hydrogen) atoms. The largest absolute Gasteiger partial charge is 0.503 e. The predicted octanol–water partition coefficient (Wildman–Crippen LogP) is 5.25. The van der Waals surface area contributed by atoms with E-state index in [1.807, 2.05) is 0 Å². The average Bonchev–Trinajstić information content (AvgIpc) is 3.64. The Morgan fingerprint density at radius 3 is 2.68 bits per heavy atom. The zero-order valence-electron chi connectivity index (χ0n) is 18.6.